The van der Waals surface area contributed by atoms with Gasteiger partial charge in [0.25, 0.3) is 0 Å². The highest BCUT2D eigenvalue weighted by atomic mass is 35.5. The van der Waals surface area contributed by atoms with E-state index in [2.05, 4.69) is 15.3 Å². The van der Waals surface area contributed by atoms with Gasteiger partial charge in [-0.25, -0.2) is 9.97 Å². The maximum atomic E-state index is 11.7. The van der Waals surface area contributed by atoms with E-state index in [9.17, 15) is 9.59 Å². The number of amides is 1. The molecular weight excluding hydrogens is 268 g/mol. The second-order valence-corrected chi connectivity index (χ2v) is 4.78. The fraction of sp³-hybridized carbons (Fsp3) is 0.500. The van der Waals surface area contributed by atoms with E-state index in [-0.39, 0.29) is 22.5 Å². The Hall–Kier alpha value is -1.69. The molecular formula is C12H15ClN4O2. The van der Waals surface area contributed by atoms with Crippen molar-refractivity contribution in [1.29, 1.82) is 0 Å². The first-order chi connectivity index (χ1) is 9.17. The molecule has 0 aliphatic carbocycles. The summed E-state index contributed by atoms with van der Waals surface area (Å²) in [7, 11) is 1.62. The fourth-order valence-electron chi connectivity index (χ4n) is 2.31. The van der Waals surface area contributed by atoms with E-state index in [1.165, 1.54) is 6.33 Å². The van der Waals surface area contributed by atoms with Gasteiger partial charge in [-0.3, -0.25) is 9.59 Å². The van der Waals surface area contributed by atoms with Crippen LogP contribution in [0.1, 0.15) is 23.2 Å². The average molecular weight is 283 g/mol. The molecule has 1 atom stereocenters. The van der Waals surface area contributed by atoms with Gasteiger partial charge in [-0.15, -0.1) is 0 Å². The third-order valence-electron chi connectivity index (χ3n) is 3.27. The summed E-state index contributed by atoms with van der Waals surface area (Å²) in [4.78, 5) is 32.6. The lowest BCUT2D eigenvalue weighted by Crippen LogP contribution is -2.42. The van der Waals surface area contributed by atoms with Gasteiger partial charge >= 0.3 is 0 Å². The predicted molar refractivity (Wildman–Crippen MR) is 71.4 cm³/mol. The standard InChI is InChI=1S/C12H15ClN4O2/c1-14-12(19)8-3-2-4-17(5-8)11-9(6-18)10(13)15-7-16-11/h6-8H,2-5H2,1H3,(H,14,19). The molecule has 1 fully saturated rings. The predicted octanol–water partition coefficient (Wildman–Crippen LogP) is 0.905. The molecule has 7 heteroatoms. The highest BCUT2D eigenvalue weighted by molar-refractivity contribution is 6.32. The Morgan fingerprint density at radius 1 is 1.58 bits per heavy atom. The SMILES string of the molecule is CNC(=O)C1CCCN(c2ncnc(Cl)c2C=O)C1. The van der Waals surface area contributed by atoms with Crippen molar-refractivity contribution < 1.29 is 9.59 Å². The van der Waals surface area contributed by atoms with Crippen molar-refractivity contribution in [3.63, 3.8) is 0 Å². The molecule has 1 aromatic heterocycles. The first-order valence-corrected chi connectivity index (χ1v) is 6.47. The monoisotopic (exact) mass is 282 g/mol. The Kier molecular flexibility index (Phi) is 4.31. The lowest BCUT2D eigenvalue weighted by Gasteiger charge is -2.33. The summed E-state index contributed by atoms with van der Waals surface area (Å²) >= 11 is 5.89. The number of halogens is 1. The van der Waals surface area contributed by atoms with Crippen LogP contribution in [0, 0.1) is 5.92 Å². The maximum Gasteiger partial charge on any atom is 0.224 e. The number of nitrogens with one attached hydrogen (secondary N) is 1. The van der Waals surface area contributed by atoms with Crippen molar-refractivity contribution >= 4 is 29.6 Å². The van der Waals surface area contributed by atoms with Gasteiger partial charge in [0.1, 0.15) is 17.3 Å². The van der Waals surface area contributed by atoms with Crippen LogP contribution in [0.4, 0.5) is 5.82 Å². The lowest BCUT2D eigenvalue weighted by molar-refractivity contribution is -0.124. The van der Waals surface area contributed by atoms with E-state index in [0.29, 0.717) is 18.6 Å². The number of hydrogen-bond acceptors (Lipinski definition) is 5. The lowest BCUT2D eigenvalue weighted by atomic mass is 9.97. The van der Waals surface area contributed by atoms with Crippen LogP contribution in [0.15, 0.2) is 6.33 Å². The second kappa shape index (κ2) is 5.97. The normalized spacial score (nSPS) is 19.1. The molecule has 1 amide bonds. The molecule has 19 heavy (non-hydrogen) atoms. The number of piperidine rings is 1. The van der Waals surface area contributed by atoms with Gasteiger partial charge in [-0.05, 0) is 12.8 Å². The number of rotatable bonds is 3. The largest absolute Gasteiger partial charge is 0.359 e. The second-order valence-electron chi connectivity index (χ2n) is 4.42. The van der Waals surface area contributed by atoms with E-state index >= 15 is 0 Å². The number of anilines is 1. The Balaban J connectivity index is 2.24. The minimum Gasteiger partial charge on any atom is -0.359 e. The van der Waals surface area contributed by atoms with E-state index in [1.54, 1.807) is 7.05 Å². The first kappa shape index (κ1) is 13.7. The molecule has 2 rings (SSSR count). The van der Waals surface area contributed by atoms with Crippen molar-refractivity contribution in [1.82, 2.24) is 15.3 Å². The molecule has 0 spiro atoms. The van der Waals surface area contributed by atoms with Crippen molar-refractivity contribution in [2.24, 2.45) is 5.92 Å². The zero-order chi connectivity index (χ0) is 13.8. The summed E-state index contributed by atoms with van der Waals surface area (Å²) in [6.07, 6.45) is 3.69. The number of aromatic nitrogens is 2. The van der Waals surface area contributed by atoms with Gasteiger partial charge in [-0.1, -0.05) is 11.6 Å². The van der Waals surface area contributed by atoms with Crippen LogP contribution >= 0.6 is 11.6 Å². The molecule has 1 N–H and O–H groups in total. The van der Waals surface area contributed by atoms with Crippen LogP contribution in [0.5, 0.6) is 0 Å². The fourth-order valence-corrected chi connectivity index (χ4v) is 2.48. The Bertz CT molecular complexity index is 495. The van der Waals surface area contributed by atoms with Crippen LogP contribution in [0.3, 0.4) is 0 Å². The Labute approximate surface area is 116 Å². The molecule has 1 aliphatic rings. The average Bonchev–Trinajstić information content (AvgIpc) is 2.46. The number of carbonyl (C=O) groups excluding carboxylic acids is 2. The van der Waals surface area contributed by atoms with Crippen molar-refractivity contribution in [3.05, 3.63) is 17.0 Å². The van der Waals surface area contributed by atoms with E-state index in [1.807, 2.05) is 4.90 Å². The third kappa shape index (κ3) is 2.84. The summed E-state index contributed by atoms with van der Waals surface area (Å²) in [5.74, 6) is 0.424. The van der Waals surface area contributed by atoms with Gasteiger partial charge in [0.15, 0.2) is 6.29 Å². The number of aldehydes is 1. The number of carbonyl (C=O) groups is 2. The van der Waals surface area contributed by atoms with Gasteiger partial charge in [0.2, 0.25) is 5.91 Å². The Morgan fingerprint density at radius 3 is 3.05 bits per heavy atom. The summed E-state index contributed by atoms with van der Waals surface area (Å²) in [5, 5.41) is 2.79. The number of nitrogens with zero attached hydrogens (tertiary/aromatic N) is 3. The first-order valence-electron chi connectivity index (χ1n) is 6.09. The van der Waals surface area contributed by atoms with E-state index in [0.717, 1.165) is 19.4 Å². The molecule has 6 nitrogen and oxygen atoms in total. The smallest absolute Gasteiger partial charge is 0.224 e. The van der Waals surface area contributed by atoms with Crippen molar-refractivity contribution in [3.8, 4) is 0 Å². The zero-order valence-electron chi connectivity index (χ0n) is 10.6. The summed E-state index contributed by atoms with van der Waals surface area (Å²) < 4.78 is 0. The maximum absolute atomic E-state index is 11.7. The molecule has 0 bridgehead atoms. The topological polar surface area (TPSA) is 75.2 Å². The van der Waals surface area contributed by atoms with E-state index < -0.39 is 0 Å². The molecule has 1 aromatic rings. The van der Waals surface area contributed by atoms with Crippen LogP contribution in [0.2, 0.25) is 5.15 Å². The molecule has 0 aromatic carbocycles. The molecule has 1 saturated heterocycles. The highest BCUT2D eigenvalue weighted by Gasteiger charge is 2.27. The van der Waals surface area contributed by atoms with Crippen LogP contribution < -0.4 is 10.2 Å². The van der Waals surface area contributed by atoms with Gasteiger partial charge in [0.05, 0.1) is 11.5 Å². The minimum atomic E-state index is -0.0907. The summed E-state index contributed by atoms with van der Waals surface area (Å²) in [6.45, 7) is 1.29. The molecule has 1 aliphatic heterocycles. The Morgan fingerprint density at radius 2 is 2.37 bits per heavy atom. The van der Waals surface area contributed by atoms with Gasteiger partial charge < -0.3 is 10.2 Å². The van der Waals surface area contributed by atoms with Gasteiger partial charge in [-0.2, -0.15) is 0 Å². The molecule has 0 saturated carbocycles. The summed E-state index contributed by atoms with van der Waals surface area (Å²) in [6, 6.07) is 0. The molecule has 102 valence electrons. The third-order valence-corrected chi connectivity index (χ3v) is 3.57. The highest BCUT2D eigenvalue weighted by Crippen LogP contribution is 2.26. The zero-order valence-corrected chi connectivity index (χ0v) is 11.4. The van der Waals surface area contributed by atoms with Crippen molar-refractivity contribution in [2.45, 2.75) is 12.8 Å². The van der Waals surface area contributed by atoms with E-state index in [4.69, 9.17) is 11.6 Å². The number of hydrogen-bond donors (Lipinski definition) is 1. The van der Waals surface area contributed by atoms with Crippen molar-refractivity contribution in [2.75, 3.05) is 25.0 Å². The summed E-state index contributed by atoms with van der Waals surface area (Å²) in [5.41, 5.74) is 0.279. The molecule has 1 unspecified atom stereocenters. The van der Waals surface area contributed by atoms with Crippen LogP contribution in [-0.4, -0.2) is 42.3 Å². The minimum absolute atomic E-state index is 0.0116. The molecule has 0 radical (unpaired) electrons. The van der Waals surface area contributed by atoms with Gasteiger partial charge in [0, 0.05) is 20.1 Å². The van der Waals surface area contributed by atoms with Crippen LogP contribution in [-0.2, 0) is 4.79 Å². The van der Waals surface area contributed by atoms with Crippen LogP contribution in [0.25, 0.3) is 0 Å². The molecule has 2 heterocycles. The quantitative estimate of drug-likeness (QED) is 0.659.